The first-order valence-electron chi connectivity index (χ1n) is 9.66. The lowest BCUT2D eigenvalue weighted by molar-refractivity contribution is 0.0843. The molecule has 0 bridgehead atoms. The molecule has 0 radical (unpaired) electrons. The van der Waals surface area contributed by atoms with Crippen molar-refractivity contribution in [2.45, 2.75) is 6.92 Å². The number of hydrazine groups is 1. The number of benzene rings is 1. The van der Waals surface area contributed by atoms with Crippen molar-refractivity contribution in [1.82, 2.24) is 25.6 Å². The summed E-state index contributed by atoms with van der Waals surface area (Å²) in [6.07, 6.45) is 1.61. The van der Waals surface area contributed by atoms with E-state index in [1.807, 2.05) is 30.3 Å². The fourth-order valence-electron chi connectivity index (χ4n) is 3.09. The third-order valence-electron chi connectivity index (χ3n) is 4.70. The van der Waals surface area contributed by atoms with Gasteiger partial charge in [0.1, 0.15) is 4.88 Å². The maximum atomic E-state index is 12.6. The quantitative estimate of drug-likeness (QED) is 0.577. The predicted octanol–water partition coefficient (Wildman–Crippen LogP) is 1.56. The molecule has 1 aliphatic heterocycles. The molecule has 31 heavy (non-hydrogen) atoms. The molecule has 0 unspecified atom stereocenters. The van der Waals surface area contributed by atoms with Crippen molar-refractivity contribution >= 4 is 28.3 Å². The molecule has 1 saturated heterocycles. The van der Waals surface area contributed by atoms with E-state index in [2.05, 4.69) is 25.8 Å². The zero-order chi connectivity index (χ0) is 21.8. The Morgan fingerprint density at radius 1 is 1.13 bits per heavy atom. The van der Waals surface area contributed by atoms with Gasteiger partial charge < -0.3 is 14.4 Å². The van der Waals surface area contributed by atoms with Gasteiger partial charge in [-0.1, -0.05) is 29.5 Å². The normalized spacial score (nSPS) is 13.7. The van der Waals surface area contributed by atoms with Crippen LogP contribution in [0.3, 0.4) is 0 Å². The second kappa shape index (κ2) is 9.14. The molecule has 4 rings (SSSR count). The molecule has 10 nitrogen and oxygen atoms in total. The Kier molecular flexibility index (Phi) is 6.14. The number of nitrogens with zero attached hydrogens (tertiary/aromatic N) is 4. The number of nitrogens with one attached hydrogen (secondary N) is 2. The van der Waals surface area contributed by atoms with Gasteiger partial charge in [-0.05, 0) is 19.1 Å². The van der Waals surface area contributed by atoms with E-state index in [9.17, 15) is 9.59 Å². The number of morpholine rings is 1. The van der Waals surface area contributed by atoms with Crippen LogP contribution in [-0.2, 0) is 4.74 Å². The molecule has 11 heteroatoms. The second-order valence-electron chi connectivity index (χ2n) is 6.74. The van der Waals surface area contributed by atoms with Gasteiger partial charge in [0.15, 0.2) is 16.6 Å². The summed E-state index contributed by atoms with van der Waals surface area (Å²) in [5, 5.41) is 5.05. The van der Waals surface area contributed by atoms with Crippen LogP contribution < -0.4 is 20.5 Å². The number of carbonyl (C=O) groups excluding carboxylic acids is 2. The zero-order valence-corrected chi connectivity index (χ0v) is 17.9. The van der Waals surface area contributed by atoms with Crippen LogP contribution in [0.5, 0.6) is 5.75 Å². The molecule has 0 atom stereocenters. The summed E-state index contributed by atoms with van der Waals surface area (Å²) < 4.78 is 12.2. The van der Waals surface area contributed by atoms with E-state index in [0.717, 1.165) is 23.9 Å². The number of para-hydroxylation sites is 1. The van der Waals surface area contributed by atoms with E-state index in [1.165, 1.54) is 23.1 Å². The summed E-state index contributed by atoms with van der Waals surface area (Å²) in [4.78, 5) is 32.2. The number of hydrogen-bond acceptors (Lipinski definition) is 8. The summed E-state index contributed by atoms with van der Waals surface area (Å²) in [5.74, 6) is -0.737. The average Bonchev–Trinajstić information content (AvgIpc) is 3.42. The number of hydrogen-bond donors (Lipinski definition) is 2. The molecule has 1 fully saturated rings. The van der Waals surface area contributed by atoms with E-state index in [4.69, 9.17) is 9.47 Å². The largest absolute Gasteiger partial charge is 0.493 e. The number of ether oxygens (including phenoxy) is 2. The Morgan fingerprint density at radius 3 is 2.55 bits per heavy atom. The lowest BCUT2D eigenvalue weighted by Gasteiger charge is -2.25. The molecule has 1 aliphatic rings. The number of amides is 2. The van der Waals surface area contributed by atoms with Crippen LogP contribution in [0.4, 0.5) is 5.13 Å². The Labute approximate surface area is 182 Å². The monoisotopic (exact) mass is 442 g/mol. The third-order valence-corrected chi connectivity index (χ3v) is 5.92. The Hall–Kier alpha value is -3.44. The maximum absolute atomic E-state index is 12.6. The van der Waals surface area contributed by atoms with Crippen molar-refractivity contribution in [3.05, 3.63) is 52.8 Å². The van der Waals surface area contributed by atoms with Crippen molar-refractivity contribution in [2.75, 3.05) is 38.3 Å². The van der Waals surface area contributed by atoms with E-state index >= 15 is 0 Å². The first-order chi connectivity index (χ1) is 15.1. The minimum Gasteiger partial charge on any atom is -0.493 e. The summed E-state index contributed by atoms with van der Waals surface area (Å²) in [6.45, 7) is 4.49. The number of rotatable bonds is 5. The molecule has 0 aliphatic carbocycles. The smallest absolute Gasteiger partial charge is 0.294 e. The Balaban J connectivity index is 1.44. The molecule has 2 aromatic heterocycles. The van der Waals surface area contributed by atoms with Crippen molar-refractivity contribution in [3.8, 4) is 11.4 Å². The number of aromatic nitrogens is 3. The summed E-state index contributed by atoms with van der Waals surface area (Å²) >= 11 is 1.28. The summed E-state index contributed by atoms with van der Waals surface area (Å²) in [7, 11) is 1.45. The van der Waals surface area contributed by atoms with Gasteiger partial charge in [-0.3, -0.25) is 20.4 Å². The molecule has 1 aromatic carbocycles. The second-order valence-corrected chi connectivity index (χ2v) is 7.72. The van der Waals surface area contributed by atoms with Gasteiger partial charge in [-0.15, -0.1) is 0 Å². The van der Waals surface area contributed by atoms with Gasteiger partial charge in [-0.2, -0.15) is 5.10 Å². The Morgan fingerprint density at radius 2 is 1.84 bits per heavy atom. The molecule has 0 saturated carbocycles. The lowest BCUT2D eigenvalue weighted by Crippen LogP contribution is -2.41. The first-order valence-corrected chi connectivity index (χ1v) is 10.5. The van der Waals surface area contributed by atoms with Crippen LogP contribution in [0.1, 0.15) is 25.9 Å². The molecule has 2 N–H and O–H groups in total. The molecular weight excluding hydrogens is 420 g/mol. The number of carbonyl (C=O) groups is 2. The first kappa shape index (κ1) is 20.8. The minimum absolute atomic E-state index is 0.0571. The molecule has 3 heterocycles. The fourth-order valence-corrected chi connectivity index (χ4v) is 4.10. The average molecular weight is 443 g/mol. The zero-order valence-electron chi connectivity index (χ0n) is 17.1. The number of thiazole rings is 1. The summed E-state index contributed by atoms with van der Waals surface area (Å²) in [5.41, 5.74) is 6.28. The highest BCUT2D eigenvalue weighted by atomic mass is 32.1. The molecule has 2 amide bonds. The van der Waals surface area contributed by atoms with Gasteiger partial charge in [0.2, 0.25) is 0 Å². The van der Waals surface area contributed by atoms with Crippen molar-refractivity contribution in [3.63, 3.8) is 0 Å². The van der Waals surface area contributed by atoms with E-state index in [-0.39, 0.29) is 5.69 Å². The van der Waals surface area contributed by atoms with Gasteiger partial charge in [0.05, 0.1) is 37.9 Å². The highest BCUT2D eigenvalue weighted by Gasteiger charge is 2.23. The van der Waals surface area contributed by atoms with Crippen molar-refractivity contribution < 1.29 is 19.1 Å². The number of anilines is 1. The van der Waals surface area contributed by atoms with Crippen LogP contribution in [0, 0.1) is 6.92 Å². The lowest BCUT2D eigenvalue weighted by atomic mass is 10.3. The van der Waals surface area contributed by atoms with Crippen molar-refractivity contribution in [2.24, 2.45) is 0 Å². The minimum atomic E-state index is -0.588. The predicted molar refractivity (Wildman–Crippen MR) is 115 cm³/mol. The van der Waals surface area contributed by atoms with Gasteiger partial charge in [0.25, 0.3) is 11.8 Å². The van der Waals surface area contributed by atoms with Gasteiger partial charge in [0, 0.05) is 13.1 Å². The van der Waals surface area contributed by atoms with Gasteiger partial charge >= 0.3 is 0 Å². The van der Waals surface area contributed by atoms with Crippen molar-refractivity contribution in [1.29, 1.82) is 0 Å². The molecule has 3 aromatic rings. The number of aryl methyl sites for hydroxylation is 1. The molecule has 0 spiro atoms. The maximum Gasteiger partial charge on any atom is 0.294 e. The highest BCUT2D eigenvalue weighted by Crippen LogP contribution is 2.26. The molecular formula is C20H22N6O4S. The summed E-state index contributed by atoms with van der Waals surface area (Å²) in [6, 6.07) is 9.33. The number of methoxy groups -OCH3 is 1. The SMILES string of the molecule is COc1cn(-c2ccccc2)nc1C(=O)NNC(=O)c1sc(N2CCOCC2)nc1C. The molecule has 162 valence electrons. The fraction of sp³-hybridized carbons (Fsp3) is 0.300. The Bertz CT molecular complexity index is 1070. The van der Waals surface area contributed by atoms with Crippen LogP contribution >= 0.6 is 11.3 Å². The van der Waals surface area contributed by atoms with Crippen LogP contribution in [0.2, 0.25) is 0 Å². The standard InChI is InChI=1S/C20H22N6O4S/c1-13-17(31-20(21-13)25-8-10-30-11-9-25)19(28)23-22-18(27)16-15(29-2)12-26(24-16)14-6-4-3-5-7-14/h3-7,12H,8-11H2,1-2H3,(H,22,27)(H,23,28). The van der Waals surface area contributed by atoms with Crippen LogP contribution in [-0.4, -0.2) is 60.0 Å². The van der Waals surface area contributed by atoms with E-state index in [1.54, 1.807) is 13.1 Å². The van der Waals surface area contributed by atoms with E-state index in [0.29, 0.717) is 29.5 Å². The van der Waals surface area contributed by atoms with E-state index < -0.39 is 11.8 Å². The highest BCUT2D eigenvalue weighted by molar-refractivity contribution is 7.17. The van der Waals surface area contributed by atoms with Crippen LogP contribution in [0.25, 0.3) is 5.69 Å². The van der Waals surface area contributed by atoms with Gasteiger partial charge in [-0.25, -0.2) is 9.67 Å². The topological polar surface area (TPSA) is 111 Å². The third kappa shape index (κ3) is 4.52. The van der Waals surface area contributed by atoms with Crippen LogP contribution in [0.15, 0.2) is 36.5 Å².